The molecule has 0 heterocycles. The van der Waals surface area contributed by atoms with Gasteiger partial charge in [-0.15, -0.1) is 0 Å². The van der Waals surface area contributed by atoms with Gasteiger partial charge in [-0.05, 0) is 37.5 Å². The fourth-order valence-corrected chi connectivity index (χ4v) is 3.19. The van der Waals surface area contributed by atoms with Crippen molar-refractivity contribution >= 4 is 17.6 Å². The molecule has 5 nitrogen and oxygen atoms in total. The molecule has 1 unspecified atom stereocenters. The smallest absolute Gasteiger partial charge is 0.243 e. The van der Waals surface area contributed by atoms with Gasteiger partial charge in [0, 0.05) is 12.8 Å². The maximum absolute atomic E-state index is 12.2. The first-order chi connectivity index (χ1) is 12.8. The lowest BCUT2D eigenvalue weighted by atomic mass is 9.91. The molecule has 0 saturated carbocycles. The van der Waals surface area contributed by atoms with Crippen molar-refractivity contribution in [3.8, 4) is 0 Å². The maximum Gasteiger partial charge on any atom is 0.243 e. The van der Waals surface area contributed by atoms with Gasteiger partial charge < -0.3 is 5.73 Å². The van der Waals surface area contributed by atoms with Gasteiger partial charge in [-0.25, -0.2) is 4.39 Å². The predicted octanol–water partition coefficient (Wildman–Crippen LogP) is 4.08. The molecule has 3 N–H and O–H groups in total. The Morgan fingerprint density at radius 2 is 1.63 bits per heavy atom. The molecule has 0 bridgehead atoms. The first-order valence-electron chi connectivity index (χ1n) is 10.5. The molecular formula is C21H39FN2O3. The van der Waals surface area contributed by atoms with Crippen molar-refractivity contribution in [1.82, 2.24) is 5.32 Å². The van der Waals surface area contributed by atoms with Crippen molar-refractivity contribution in [2.75, 3.05) is 6.67 Å². The number of alkyl halides is 1. The summed E-state index contributed by atoms with van der Waals surface area (Å²) in [6.45, 7) is 5.23. The highest BCUT2D eigenvalue weighted by molar-refractivity contribution is 5.97. The third-order valence-electron chi connectivity index (χ3n) is 4.73. The van der Waals surface area contributed by atoms with Crippen LogP contribution >= 0.6 is 0 Å². The Labute approximate surface area is 164 Å². The molecule has 27 heavy (non-hydrogen) atoms. The van der Waals surface area contributed by atoms with E-state index in [0.717, 1.165) is 44.9 Å². The summed E-state index contributed by atoms with van der Waals surface area (Å²) in [7, 11) is 0. The minimum atomic E-state index is -0.882. The normalized spacial score (nSPS) is 13.4. The molecule has 158 valence electrons. The molecule has 6 heteroatoms. The van der Waals surface area contributed by atoms with E-state index in [1.807, 2.05) is 13.8 Å². The quantitative estimate of drug-likeness (QED) is 0.391. The number of nitrogens with two attached hydrogens (primary N) is 1. The predicted molar refractivity (Wildman–Crippen MR) is 107 cm³/mol. The maximum atomic E-state index is 12.2. The molecular weight excluding hydrogens is 347 g/mol. The molecule has 0 aromatic carbocycles. The zero-order valence-electron chi connectivity index (χ0n) is 17.4. The van der Waals surface area contributed by atoms with Crippen molar-refractivity contribution in [2.24, 2.45) is 17.6 Å². The number of amides is 2. The highest BCUT2D eigenvalue weighted by Crippen LogP contribution is 2.21. The van der Waals surface area contributed by atoms with Crippen LogP contribution in [0.5, 0.6) is 0 Å². The number of halogens is 1. The Morgan fingerprint density at radius 3 is 2.19 bits per heavy atom. The van der Waals surface area contributed by atoms with Crippen molar-refractivity contribution in [3.63, 3.8) is 0 Å². The van der Waals surface area contributed by atoms with Crippen LogP contribution in [0.2, 0.25) is 0 Å². The number of rotatable bonds is 16. The highest BCUT2D eigenvalue weighted by atomic mass is 19.1. The lowest BCUT2D eigenvalue weighted by Gasteiger charge is -2.18. The zero-order valence-corrected chi connectivity index (χ0v) is 17.4. The van der Waals surface area contributed by atoms with Crippen molar-refractivity contribution in [1.29, 1.82) is 0 Å². The van der Waals surface area contributed by atoms with E-state index in [0.29, 0.717) is 31.6 Å². The molecule has 0 aromatic rings. The molecule has 0 rings (SSSR count). The zero-order chi connectivity index (χ0) is 20.7. The van der Waals surface area contributed by atoms with Crippen LogP contribution in [0.3, 0.4) is 0 Å². The van der Waals surface area contributed by atoms with Gasteiger partial charge in [-0.1, -0.05) is 52.9 Å². The van der Waals surface area contributed by atoms with E-state index in [1.165, 1.54) is 0 Å². The average molecular weight is 387 g/mol. The molecule has 0 saturated heterocycles. The lowest BCUT2D eigenvalue weighted by Crippen LogP contribution is -2.44. The van der Waals surface area contributed by atoms with E-state index < -0.39 is 18.6 Å². The molecule has 0 aliphatic rings. The van der Waals surface area contributed by atoms with Gasteiger partial charge in [0.2, 0.25) is 11.8 Å². The van der Waals surface area contributed by atoms with Crippen LogP contribution in [-0.2, 0) is 14.4 Å². The molecule has 0 aromatic heterocycles. The minimum absolute atomic E-state index is 0.225. The summed E-state index contributed by atoms with van der Waals surface area (Å²) in [6.07, 6.45) is 8.77. The van der Waals surface area contributed by atoms with E-state index in [4.69, 9.17) is 5.73 Å². The topological polar surface area (TPSA) is 89.3 Å². The molecule has 0 fully saturated rings. The largest absolute Gasteiger partial charge is 0.320 e. The first kappa shape index (κ1) is 25.7. The summed E-state index contributed by atoms with van der Waals surface area (Å²) in [5, 5.41) is 2.44. The van der Waals surface area contributed by atoms with E-state index >= 15 is 0 Å². The number of hydrogen-bond donors (Lipinski definition) is 2. The van der Waals surface area contributed by atoms with Crippen LogP contribution in [0.15, 0.2) is 0 Å². The van der Waals surface area contributed by atoms with E-state index in [2.05, 4.69) is 12.2 Å². The van der Waals surface area contributed by atoms with Crippen LogP contribution in [0.1, 0.15) is 91.4 Å². The molecule has 2 amide bonds. The van der Waals surface area contributed by atoms with Crippen LogP contribution < -0.4 is 11.1 Å². The Kier molecular flexibility index (Phi) is 15.0. The summed E-state index contributed by atoms with van der Waals surface area (Å²) >= 11 is 0. The number of carbonyl (C=O) groups excluding carboxylic acids is 3. The molecule has 0 aliphatic heterocycles. The second kappa shape index (κ2) is 15.7. The van der Waals surface area contributed by atoms with Crippen LogP contribution in [0, 0.1) is 11.8 Å². The van der Waals surface area contributed by atoms with Crippen LogP contribution in [0.4, 0.5) is 4.39 Å². The summed E-state index contributed by atoms with van der Waals surface area (Å²) in [4.78, 5) is 35.2. The second-order valence-corrected chi connectivity index (χ2v) is 7.99. The van der Waals surface area contributed by atoms with Crippen molar-refractivity contribution < 1.29 is 18.8 Å². The molecule has 0 aliphatic carbocycles. The average Bonchev–Trinajstić information content (AvgIpc) is 2.60. The minimum Gasteiger partial charge on any atom is -0.320 e. The fourth-order valence-electron chi connectivity index (χ4n) is 3.19. The van der Waals surface area contributed by atoms with Gasteiger partial charge in [0.05, 0.1) is 6.04 Å². The highest BCUT2D eigenvalue weighted by Gasteiger charge is 2.20. The third-order valence-corrected chi connectivity index (χ3v) is 4.73. The Hall–Kier alpha value is -1.30. The van der Waals surface area contributed by atoms with Gasteiger partial charge in [0.25, 0.3) is 0 Å². The lowest BCUT2D eigenvalue weighted by molar-refractivity contribution is -0.132. The number of unbranched alkanes of at least 4 members (excludes halogenated alkanes) is 4. The summed E-state index contributed by atoms with van der Waals surface area (Å²) in [6, 6.07) is -0.652. The number of nitrogens with one attached hydrogen (secondary N) is 1. The Balaban J connectivity index is 4.33. The Morgan fingerprint density at radius 1 is 1.00 bits per heavy atom. The number of Topliss-reactive ketones (excluding diaryl/α,β-unsaturated/α-hetero) is 1. The number of imide groups is 1. The SMILES string of the molecule is CCCCCC(CCCCCC(=O)CF)CC(=O)NC(=O)[C@@H](N)CC(C)C. The standard InChI is InChI=1S/C21H39FN2O3/c1-4-5-7-10-17(11-8-6-9-12-18(25)15-22)14-20(26)24-21(27)19(23)13-16(2)3/h16-17,19H,4-15,23H2,1-3H3,(H,24,26,27)/t17?,19-/m0/s1. The summed E-state index contributed by atoms with van der Waals surface area (Å²) in [5.74, 6) is -0.473. The molecule has 0 radical (unpaired) electrons. The van der Waals surface area contributed by atoms with Crippen molar-refractivity contribution in [3.05, 3.63) is 0 Å². The Bertz CT molecular complexity index is 441. The summed E-state index contributed by atoms with van der Waals surface area (Å²) < 4.78 is 12.1. The van der Waals surface area contributed by atoms with Crippen molar-refractivity contribution in [2.45, 2.75) is 97.4 Å². The number of carbonyl (C=O) groups is 3. The van der Waals surface area contributed by atoms with E-state index in [9.17, 15) is 18.8 Å². The first-order valence-corrected chi connectivity index (χ1v) is 10.5. The van der Waals surface area contributed by atoms with Gasteiger partial charge in [0.15, 0.2) is 5.78 Å². The summed E-state index contributed by atoms with van der Waals surface area (Å²) in [5.41, 5.74) is 5.83. The third kappa shape index (κ3) is 14.4. The van der Waals surface area contributed by atoms with Gasteiger partial charge in [0.1, 0.15) is 6.67 Å². The van der Waals surface area contributed by atoms with Gasteiger partial charge in [-0.2, -0.15) is 0 Å². The molecule has 0 spiro atoms. The molecule has 2 atom stereocenters. The van der Waals surface area contributed by atoms with Gasteiger partial charge in [-0.3, -0.25) is 19.7 Å². The number of hydrogen-bond acceptors (Lipinski definition) is 4. The number of ketones is 1. The monoisotopic (exact) mass is 386 g/mol. The second-order valence-electron chi connectivity index (χ2n) is 7.99. The fraction of sp³-hybridized carbons (Fsp3) is 0.857. The van der Waals surface area contributed by atoms with Crippen LogP contribution in [0.25, 0.3) is 0 Å². The van der Waals surface area contributed by atoms with E-state index in [-0.39, 0.29) is 17.6 Å². The van der Waals surface area contributed by atoms with Gasteiger partial charge >= 0.3 is 0 Å². The van der Waals surface area contributed by atoms with Crippen LogP contribution in [-0.4, -0.2) is 30.3 Å². The van der Waals surface area contributed by atoms with E-state index in [1.54, 1.807) is 0 Å².